The van der Waals surface area contributed by atoms with Crippen LogP contribution in [-0.4, -0.2) is 18.1 Å². The van der Waals surface area contributed by atoms with Gasteiger partial charge < -0.3 is 15.8 Å². The lowest BCUT2D eigenvalue weighted by Crippen LogP contribution is -2.53. The molecule has 20 heavy (non-hydrogen) atoms. The van der Waals surface area contributed by atoms with Crippen LogP contribution >= 0.6 is 0 Å². The topological polar surface area (TPSA) is 64.3 Å². The van der Waals surface area contributed by atoms with Crippen LogP contribution in [0, 0.1) is 12.3 Å². The largest absolute Gasteiger partial charge is 0.492 e. The number of anilines is 1. The van der Waals surface area contributed by atoms with Gasteiger partial charge in [0.2, 0.25) is 5.91 Å². The van der Waals surface area contributed by atoms with E-state index in [4.69, 9.17) is 10.5 Å². The minimum absolute atomic E-state index is 0.116. The van der Waals surface area contributed by atoms with E-state index in [1.807, 2.05) is 59.7 Å². The van der Waals surface area contributed by atoms with Crippen molar-refractivity contribution in [2.75, 3.05) is 11.9 Å². The van der Waals surface area contributed by atoms with Gasteiger partial charge in [-0.15, -0.1) is 0 Å². The number of benzene rings is 1. The Bertz CT molecular complexity index is 488. The van der Waals surface area contributed by atoms with Crippen LogP contribution in [0.5, 0.6) is 5.75 Å². The summed E-state index contributed by atoms with van der Waals surface area (Å²) in [5.74, 6) is 0.571. The summed E-state index contributed by atoms with van der Waals surface area (Å²) < 4.78 is 5.57. The average Bonchev–Trinajstić information content (AvgIpc) is 2.31. The Kier molecular flexibility index (Phi) is 4.81. The van der Waals surface area contributed by atoms with Gasteiger partial charge in [-0.2, -0.15) is 0 Å². The Labute approximate surface area is 121 Å². The molecule has 0 aliphatic heterocycles. The van der Waals surface area contributed by atoms with Gasteiger partial charge in [-0.25, -0.2) is 0 Å². The molecule has 0 aromatic heterocycles. The molecule has 0 aliphatic carbocycles. The number of hydrogen-bond acceptors (Lipinski definition) is 3. The lowest BCUT2D eigenvalue weighted by molar-refractivity contribution is -0.126. The van der Waals surface area contributed by atoms with E-state index in [0.717, 1.165) is 5.56 Å². The predicted molar refractivity (Wildman–Crippen MR) is 83.0 cm³/mol. The van der Waals surface area contributed by atoms with Crippen LogP contribution in [0.1, 0.15) is 40.2 Å². The smallest absolute Gasteiger partial charge is 0.231 e. The van der Waals surface area contributed by atoms with Gasteiger partial charge in [0.25, 0.3) is 0 Å². The lowest BCUT2D eigenvalue weighted by atomic mass is 9.74. The zero-order valence-electron chi connectivity index (χ0n) is 13.3. The molecular formula is C16H26N2O2. The summed E-state index contributed by atoms with van der Waals surface area (Å²) in [6.45, 7) is 11.9. The van der Waals surface area contributed by atoms with Crippen LogP contribution < -0.4 is 15.8 Å². The van der Waals surface area contributed by atoms with Gasteiger partial charge in [0.1, 0.15) is 5.75 Å². The summed E-state index contributed by atoms with van der Waals surface area (Å²) in [5.41, 5.74) is 6.55. The van der Waals surface area contributed by atoms with E-state index in [1.165, 1.54) is 0 Å². The van der Waals surface area contributed by atoms with Crippen molar-refractivity contribution < 1.29 is 9.53 Å². The molecule has 0 radical (unpaired) electrons. The number of nitrogens with one attached hydrogen (secondary N) is 1. The van der Waals surface area contributed by atoms with Crippen molar-refractivity contribution in [3.8, 4) is 5.75 Å². The van der Waals surface area contributed by atoms with Crippen LogP contribution in [-0.2, 0) is 4.79 Å². The normalized spacial score (nSPS) is 12.2. The Hall–Kier alpha value is -1.55. The molecule has 0 saturated carbocycles. The van der Waals surface area contributed by atoms with E-state index in [-0.39, 0.29) is 5.91 Å². The number of nitrogens with two attached hydrogens (primary N) is 1. The molecule has 0 bridgehead atoms. The third-order valence-electron chi connectivity index (χ3n) is 3.86. The first-order chi connectivity index (χ1) is 9.09. The van der Waals surface area contributed by atoms with Crippen molar-refractivity contribution in [2.24, 2.45) is 11.1 Å². The number of carbonyl (C=O) groups is 1. The SMILES string of the molecule is CCOc1cc(C)ccc1NC(=O)C(C)(C)C(C)(C)N. The second kappa shape index (κ2) is 5.83. The van der Waals surface area contributed by atoms with E-state index in [9.17, 15) is 4.79 Å². The Morgan fingerprint density at radius 1 is 1.30 bits per heavy atom. The highest BCUT2D eigenvalue weighted by atomic mass is 16.5. The molecule has 4 heteroatoms. The summed E-state index contributed by atoms with van der Waals surface area (Å²) in [5, 5.41) is 2.93. The van der Waals surface area contributed by atoms with Crippen LogP contribution in [0.15, 0.2) is 18.2 Å². The third-order valence-corrected chi connectivity index (χ3v) is 3.86. The van der Waals surface area contributed by atoms with Crippen molar-refractivity contribution in [3.05, 3.63) is 23.8 Å². The van der Waals surface area contributed by atoms with Gasteiger partial charge in [0.15, 0.2) is 0 Å². The first-order valence-electron chi connectivity index (χ1n) is 6.93. The molecule has 1 rings (SSSR count). The zero-order valence-corrected chi connectivity index (χ0v) is 13.3. The maximum atomic E-state index is 12.5. The number of carbonyl (C=O) groups excluding carboxylic acids is 1. The Balaban J connectivity index is 3.02. The highest BCUT2D eigenvalue weighted by molar-refractivity contribution is 5.97. The number of aryl methyl sites for hydroxylation is 1. The van der Waals surface area contributed by atoms with E-state index in [2.05, 4.69) is 5.32 Å². The summed E-state index contributed by atoms with van der Waals surface area (Å²) in [6.07, 6.45) is 0. The number of hydrogen-bond donors (Lipinski definition) is 2. The molecule has 112 valence electrons. The molecule has 0 atom stereocenters. The monoisotopic (exact) mass is 278 g/mol. The molecule has 0 unspecified atom stereocenters. The molecule has 3 N–H and O–H groups in total. The molecule has 0 fully saturated rings. The maximum absolute atomic E-state index is 12.5. The van der Waals surface area contributed by atoms with E-state index >= 15 is 0 Å². The van der Waals surface area contributed by atoms with Gasteiger partial charge in [-0.1, -0.05) is 6.07 Å². The minimum Gasteiger partial charge on any atom is -0.492 e. The second-order valence-electron chi connectivity index (χ2n) is 6.23. The van der Waals surface area contributed by atoms with Crippen molar-refractivity contribution in [1.82, 2.24) is 0 Å². The Morgan fingerprint density at radius 3 is 2.40 bits per heavy atom. The van der Waals surface area contributed by atoms with E-state index in [1.54, 1.807) is 0 Å². The van der Waals surface area contributed by atoms with Crippen molar-refractivity contribution >= 4 is 11.6 Å². The van der Waals surface area contributed by atoms with Crippen molar-refractivity contribution in [2.45, 2.75) is 47.1 Å². The van der Waals surface area contributed by atoms with Gasteiger partial charge >= 0.3 is 0 Å². The third kappa shape index (κ3) is 3.51. The molecule has 1 aromatic rings. The number of ether oxygens (including phenoxy) is 1. The molecule has 0 spiro atoms. The lowest BCUT2D eigenvalue weighted by Gasteiger charge is -2.37. The molecule has 0 heterocycles. The first-order valence-corrected chi connectivity index (χ1v) is 6.93. The molecule has 1 amide bonds. The minimum atomic E-state index is -0.693. The van der Waals surface area contributed by atoms with Gasteiger partial charge in [0.05, 0.1) is 17.7 Å². The molecule has 4 nitrogen and oxygen atoms in total. The standard InChI is InChI=1S/C16H26N2O2/c1-7-20-13-10-11(2)8-9-12(13)18-14(19)15(3,4)16(5,6)17/h8-10H,7,17H2,1-6H3,(H,18,19). The van der Waals surface area contributed by atoms with Gasteiger partial charge in [0, 0.05) is 5.54 Å². The van der Waals surface area contributed by atoms with Crippen LogP contribution in [0.3, 0.4) is 0 Å². The van der Waals surface area contributed by atoms with E-state index < -0.39 is 11.0 Å². The summed E-state index contributed by atoms with van der Waals surface area (Å²) in [6, 6.07) is 5.72. The van der Waals surface area contributed by atoms with Crippen LogP contribution in [0.25, 0.3) is 0 Å². The highest BCUT2D eigenvalue weighted by Crippen LogP contribution is 2.32. The number of rotatable bonds is 5. The fourth-order valence-electron chi connectivity index (χ4n) is 1.58. The molecule has 1 aromatic carbocycles. The fourth-order valence-corrected chi connectivity index (χ4v) is 1.58. The zero-order chi connectivity index (χ0) is 15.6. The van der Waals surface area contributed by atoms with Crippen LogP contribution in [0.4, 0.5) is 5.69 Å². The van der Waals surface area contributed by atoms with Crippen molar-refractivity contribution in [1.29, 1.82) is 0 Å². The molecular weight excluding hydrogens is 252 g/mol. The van der Waals surface area contributed by atoms with Gasteiger partial charge in [-0.3, -0.25) is 4.79 Å². The van der Waals surface area contributed by atoms with Crippen molar-refractivity contribution in [3.63, 3.8) is 0 Å². The Morgan fingerprint density at radius 2 is 1.90 bits per heavy atom. The molecule has 0 aliphatic rings. The number of amides is 1. The predicted octanol–water partition coefficient (Wildman–Crippen LogP) is 3.10. The molecule has 0 saturated heterocycles. The summed E-state index contributed by atoms with van der Waals surface area (Å²) in [7, 11) is 0. The quantitative estimate of drug-likeness (QED) is 0.870. The maximum Gasteiger partial charge on any atom is 0.231 e. The summed E-state index contributed by atoms with van der Waals surface area (Å²) in [4.78, 5) is 12.5. The van der Waals surface area contributed by atoms with Gasteiger partial charge in [-0.05, 0) is 59.2 Å². The van der Waals surface area contributed by atoms with E-state index in [0.29, 0.717) is 18.0 Å². The fraction of sp³-hybridized carbons (Fsp3) is 0.562. The van der Waals surface area contributed by atoms with Crippen LogP contribution in [0.2, 0.25) is 0 Å². The summed E-state index contributed by atoms with van der Waals surface area (Å²) >= 11 is 0. The first kappa shape index (κ1) is 16.5. The average molecular weight is 278 g/mol. The highest BCUT2D eigenvalue weighted by Gasteiger charge is 2.40. The second-order valence-corrected chi connectivity index (χ2v) is 6.23.